The number of aromatic nitrogens is 2. The van der Waals surface area contributed by atoms with Gasteiger partial charge in [-0.3, -0.25) is 4.79 Å². The highest BCUT2D eigenvalue weighted by Crippen LogP contribution is 2.22. The second-order valence-corrected chi connectivity index (χ2v) is 4.54. The number of nitrogens with zero attached hydrogens (tertiary/aromatic N) is 3. The lowest BCUT2D eigenvalue weighted by Gasteiger charge is -2.06. The lowest BCUT2D eigenvalue weighted by Crippen LogP contribution is -2.13. The molecule has 1 aromatic heterocycles. The molecule has 0 saturated carbocycles. The van der Waals surface area contributed by atoms with Gasteiger partial charge in [-0.2, -0.15) is 5.26 Å². The van der Waals surface area contributed by atoms with Crippen LogP contribution in [0.15, 0.2) is 52.9 Å². The van der Waals surface area contributed by atoms with Crippen molar-refractivity contribution >= 4 is 11.6 Å². The number of anilines is 1. The zero-order valence-electron chi connectivity index (χ0n) is 11.7. The van der Waals surface area contributed by atoms with E-state index in [9.17, 15) is 9.18 Å². The molecule has 6 nitrogen and oxygen atoms in total. The maximum atomic E-state index is 13.6. The predicted molar refractivity (Wildman–Crippen MR) is 78.8 cm³/mol. The topological polar surface area (TPSA) is 91.8 Å². The van der Waals surface area contributed by atoms with Crippen molar-refractivity contribution in [1.29, 1.82) is 5.26 Å². The van der Waals surface area contributed by atoms with E-state index in [1.165, 1.54) is 18.2 Å². The van der Waals surface area contributed by atoms with Gasteiger partial charge in [-0.15, -0.1) is 5.10 Å². The molecule has 0 fully saturated rings. The van der Waals surface area contributed by atoms with Crippen molar-refractivity contribution < 1.29 is 13.6 Å². The van der Waals surface area contributed by atoms with Crippen LogP contribution in [0, 0.1) is 17.1 Å². The molecular formula is C16H9FN4O2. The van der Waals surface area contributed by atoms with Gasteiger partial charge in [0.05, 0.1) is 5.56 Å². The van der Waals surface area contributed by atoms with Gasteiger partial charge in [-0.25, -0.2) is 4.39 Å². The second-order valence-electron chi connectivity index (χ2n) is 4.54. The van der Waals surface area contributed by atoms with Crippen LogP contribution in [-0.2, 0) is 0 Å². The molecule has 0 radical (unpaired) electrons. The Kier molecular flexibility index (Phi) is 3.80. The molecule has 1 amide bonds. The largest absolute Gasteiger partial charge is 0.408 e. The van der Waals surface area contributed by atoms with Crippen molar-refractivity contribution in [1.82, 2.24) is 10.2 Å². The number of nitrogens with one attached hydrogen (secondary N) is 1. The molecule has 2 aromatic carbocycles. The summed E-state index contributed by atoms with van der Waals surface area (Å²) in [5.74, 6) is -1.16. The van der Waals surface area contributed by atoms with Crippen LogP contribution in [0.5, 0.6) is 0 Å². The minimum absolute atomic E-state index is 0.0533. The summed E-state index contributed by atoms with van der Waals surface area (Å²) in [5, 5.41) is 18.6. The van der Waals surface area contributed by atoms with Gasteiger partial charge >= 0.3 is 5.89 Å². The number of hydrogen-bond acceptors (Lipinski definition) is 5. The summed E-state index contributed by atoms with van der Waals surface area (Å²) in [5.41, 5.74) is 0.917. The van der Waals surface area contributed by atoms with E-state index >= 15 is 0 Å². The first kappa shape index (κ1) is 14.4. The molecule has 0 atom stereocenters. The summed E-state index contributed by atoms with van der Waals surface area (Å²) in [4.78, 5) is 12.1. The molecule has 3 rings (SSSR count). The standard InChI is InChI=1S/C16H9FN4O2/c17-13-7-2-1-6-12(13)15(22)19-11-5-3-4-10(8-11)16-21-20-14(9-18)23-16/h1-8H,(H,19,22). The molecule has 0 bridgehead atoms. The van der Waals surface area contributed by atoms with Crippen molar-refractivity contribution in [3.05, 3.63) is 65.8 Å². The molecule has 23 heavy (non-hydrogen) atoms. The quantitative estimate of drug-likeness (QED) is 0.803. The van der Waals surface area contributed by atoms with Crippen molar-refractivity contribution in [3.63, 3.8) is 0 Å². The monoisotopic (exact) mass is 308 g/mol. The fourth-order valence-electron chi connectivity index (χ4n) is 1.96. The van der Waals surface area contributed by atoms with Gasteiger partial charge in [-0.1, -0.05) is 23.3 Å². The van der Waals surface area contributed by atoms with E-state index in [0.29, 0.717) is 11.3 Å². The fraction of sp³-hybridized carbons (Fsp3) is 0. The van der Waals surface area contributed by atoms with Crippen LogP contribution < -0.4 is 5.32 Å². The molecule has 112 valence electrons. The van der Waals surface area contributed by atoms with Gasteiger partial charge in [0.15, 0.2) is 6.07 Å². The zero-order valence-corrected chi connectivity index (χ0v) is 11.7. The van der Waals surface area contributed by atoms with Crippen molar-refractivity contribution in [2.45, 2.75) is 0 Å². The summed E-state index contributed by atoms with van der Waals surface area (Å²) >= 11 is 0. The van der Waals surface area contributed by atoms with Gasteiger partial charge in [0.2, 0.25) is 5.89 Å². The SMILES string of the molecule is N#Cc1nnc(-c2cccc(NC(=O)c3ccccc3F)c2)o1. The third kappa shape index (κ3) is 3.06. The fourth-order valence-corrected chi connectivity index (χ4v) is 1.96. The number of benzene rings is 2. The molecule has 0 aliphatic carbocycles. The normalized spacial score (nSPS) is 10.1. The summed E-state index contributed by atoms with van der Waals surface area (Å²) < 4.78 is 18.7. The number of halogens is 1. The Morgan fingerprint density at radius 2 is 2.00 bits per heavy atom. The molecule has 0 aliphatic heterocycles. The highest BCUT2D eigenvalue weighted by molar-refractivity contribution is 6.04. The summed E-state index contributed by atoms with van der Waals surface area (Å²) in [7, 11) is 0. The molecule has 3 aromatic rings. The molecule has 0 aliphatic rings. The van der Waals surface area contributed by atoms with Crippen LogP contribution >= 0.6 is 0 Å². The van der Waals surface area contributed by atoms with Crippen LogP contribution in [0.2, 0.25) is 0 Å². The van der Waals surface area contributed by atoms with Crippen LogP contribution in [-0.4, -0.2) is 16.1 Å². The highest BCUT2D eigenvalue weighted by atomic mass is 19.1. The number of nitriles is 1. The number of rotatable bonds is 3. The van der Waals surface area contributed by atoms with E-state index in [1.54, 1.807) is 36.4 Å². The zero-order chi connectivity index (χ0) is 16.2. The predicted octanol–water partition coefficient (Wildman–Crippen LogP) is 3.00. The second kappa shape index (κ2) is 6.07. The van der Waals surface area contributed by atoms with Crippen LogP contribution in [0.1, 0.15) is 16.2 Å². The first-order valence-corrected chi connectivity index (χ1v) is 6.57. The molecule has 7 heteroatoms. The third-order valence-corrected chi connectivity index (χ3v) is 3.01. The number of amides is 1. The number of carbonyl (C=O) groups excluding carboxylic acids is 1. The Morgan fingerprint density at radius 3 is 2.74 bits per heavy atom. The van der Waals surface area contributed by atoms with Crippen molar-refractivity contribution in [2.75, 3.05) is 5.32 Å². The maximum Gasteiger partial charge on any atom is 0.321 e. The van der Waals surface area contributed by atoms with E-state index in [-0.39, 0.29) is 17.3 Å². The van der Waals surface area contributed by atoms with E-state index in [0.717, 1.165) is 0 Å². The van der Waals surface area contributed by atoms with Gasteiger partial charge in [-0.05, 0) is 30.3 Å². The Balaban J connectivity index is 1.84. The number of hydrogen-bond donors (Lipinski definition) is 1. The summed E-state index contributed by atoms with van der Waals surface area (Å²) in [6.45, 7) is 0. The first-order chi connectivity index (χ1) is 11.2. The summed E-state index contributed by atoms with van der Waals surface area (Å²) in [6, 6.07) is 14.0. The Labute approximate surface area is 130 Å². The third-order valence-electron chi connectivity index (χ3n) is 3.01. The van der Waals surface area contributed by atoms with E-state index in [2.05, 4.69) is 15.5 Å². The van der Waals surface area contributed by atoms with Crippen LogP contribution in [0.3, 0.4) is 0 Å². The smallest absolute Gasteiger partial charge is 0.321 e. The lowest BCUT2D eigenvalue weighted by atomic mass is 10.1. The molecule has 0 unspecified atom stereocenters. The van der Waals surface area contributed by atoms with Gasteiger partial charge in [0.1, 0.15) is 5.82 Å². The minimum atomic E-state index is -0.600. The molecular weight excluding hydrogens is 299 g/mol. The average Bonchev–Trinajstić information content (AvgIpc) is 3.04. The molecule has 0 spiro atoms. The van der Waals surface area contributed by atoms with Crippen molar-refractivity contribution in [2.24, 2.45) is 0 Å². The van der Waals surface area contributed by atoms with E-state index in [4.69, 9.17) is 9.68 Å². The van der Waals surface area contributed by atoms with Crippen molar-refractivity contribution in [3.8, 4) is 17.5 Å². The Hall–Kier alpha value is -3.53. The van der Waals surface area contributed by atoms with Gasteiger partial charge in [0.25, 0.3) is 5.91 Å². The molecule has 1 heterocycles. The lowest BCUT2D eigenvalue weighted by molar-refractivity contribution is 0.102. The molecule has 1 N–H and O–H groups in total. The summed E-state index contributed by atoms with van der Waals surface area (Å²) in [6.07, 6.45) is 0. The van der Waals surface area contributed by atoms with Crippen LogP contribution in [0.25, 0.3) is 11.5 Å². The minimum Gasteiger partial charge on any atom is -0.408 e. The Morgan fingerprint density at radius 1 is 1.17 bits per heavy atom. The maximum absolute atomic E-state index is 13.6. The van der Waals surface area contributed by atoms with Crippen LogP contribution in [0.4, 0.5) is 10.1 Å². The van der Waals surface area contributed by atoms with E-state index < -0.39 is 11.7 Å². The first-order valence-electron chi connectivity index (χ1n) is 6.57. The Bertz CT molecular complexity index is 914. The highest BCUT2D eigenvalue weighted by Gasteiger charge is 2.12. The number of carbonyl (C=O) groups is 1. The van der Waals surface area contributed by atoms with Gasteiger partial charge < -0.3 is 9.73 Å². The average molecular weight is 308 g/mol. The molecule has 0 saturated heterocycles. The van der Waals surface area contributed by atoms with E-state index in [1.807, 2.05) is 0 Å². The van der Waals surface area contributed by atoms with Gasteiger partial charge in [0, 0.05) is 11.3 Å².